The number of nitrogens with zero attached hydrogens (tertiary/aromatic N) is 3. The molecule has 0 atom stereocenters. The molecule has 4 heteroatoms. The zero-order chi connectivity index (χ0) is 12.1. The second-order valence-electron chi connectivity index (χ2n) is 3.31. The summed E-state index contributed by atoms with van der Waals surface area (Å²) in [5.41, 5.74) is 8.79. The Bertz CT molecular complexity index is 294. The lowest BCUT2D eigenvalue weighted by Crippen LogP contribution is -1.77. The molecule has 0 radical (unpaired) electrons. The maximum atomic E-state index is 8.54. The quantitative estimate of drug-likeness (QED) is 0.350. The zero-order valence-corrected chi connectivity index (χ0v) is 9.71. The van der Waals surface area contributed by atoms with Crippen molar-refractivity contribution in [1.82, 2.24) is 0 Å². The highest BCUT2D eigenvalue weighted by molar-refractivity contribution is 5.12. The van der Waals surface area contributed by atoms with Crippen LogP contribution in [0.25, 0.3) is 10.4 Å². The Morgan fingerprint density at radius 3 is 2.38 bits per heavy atom. The molecule has 0 aliphatic rings. The zero-order valence-electron chi connectivity index (χ0n) is 9.71. The minimum atomic E-state index is 0.140. The number of hydrogen-bond donors (Lipinski definition) is 1. The third-order valence-corrected chi connectivity index (χ3v) is 1.95. The fraction of sp³-hybridized carbons (Fsp3) is 0.500. The largest absolute Gasteiger partial charge is 0.392 e. The summed E-state index contributed by atoms with van der Waals surface area (Å²) in [6.07, 6.45) is 3.38. The van der Waals surface area contributed by atoms with Crippen LogP contribution in [0, 0.1) is 0 Å². The molecule has 16 heavy (non-hydrogen) atoms. The highest BCUT2D eigenvalue weighted by Crippen LogP contribution is 1.95. The highest BCUT2D eigenvalue weighted by Gasteiger charge is 1.81. The van der Waals surface area contributed by atoms with Crippen LogP contribution in [0.2, 0.25) is 0 Å². The van der Waals surface area contributed by atoms with Crippen molar-refractivity contribution in [3.05, 3.63) is 46.3 Å². The van der Waals surface area contributed by atoms with E-state index < -0.39 is 0 Å². The summed E-state index contributed by atoms with van der Waals surface area (Å²) in [5, 5.41) is 11.9. The normalized spacial score (nSPS) is 8.62. The molecule has 1 aromatic rings. The van der Waals surface area contributed by atoms with Crippen molar-refractivity contribution in [2.75, 3.05) is 6.54 Å². The predicted octanol–water partition coefficient (Wildman–Crippen LogP) is 3.67. The molecule has 0 saturated carbocycles. The Kier molecular flexibility index (Phi) is 10.5. The topological polar surface area (TPSA) is 69.0 Å². The molecule has 0 amide bonds. The minimum Gasteiger partial charge on any atom is -0.392 e. The first-order valence-corrected chi connectivity index (χ1v) is 5.50. The average Bonchev–Trinajstić information content (AvgIpc) is 2.36. The van der Waals surface area contributed by atoms with Crippen LogP contribution in [0.3, 0.4) is 0 Å². The maximum absolute atomic E-state index is 8.54. The van der Waals surface area contributed by atoms with Gasteiger partial charge in [0, 0.05) is 11.5 Å². The van der Waals surface area contributed by atoms with Crippen molar-refractivity contribution in [2.24, 2.45) is 5.11 Å². The van der Waals surface area contributed by atoms with Gasteiger partial charge in [0.1, 0.15) is 0 Å². The summed E-state index contributed by atoms with van der Waals surface area (Å²) in [5.74, 6) is 0. The van der Waals surface area contributed by atoms with Gasteiger partial charge in [-0.05, 0) is 17.5 Å². The van der Waals surface area contributed by atoms with Gasteiger partial charge in [0.2, 0.25) is 0 Å². The number of unbranched alkanes of at least 4 members (excludes halogenated alkanes) is 2. The van der Waals surface area contributed by atoms with Gasteiger partial charge in [-0.3, -0.25) is 0 Å². The maximum Gasteiger partial charge on any atom is 0.0681 e. The number of aliphatic hydroxyl groups is 1. The smallest absolute Gasteiger partial charge is 0.0681 e. The first-order valence-electron chi connectivity index (χ1n) is 5.50. The summed E-state index contributed by atoms with van der Waals surface area (Å²) in [7, 11) is 0. The number of hydrogen-bond acceptors (Lipinski definition) is 2. The van der Waals surface area contributed by atoms with E-state index in [1.54, 1.807) is 0 Å². The van der Waals surface area contributed by atoms with Crippen molar-refractivity contribution < 1.29 is 5.11 Å². The molecule has 0 aromatic heterocycles. The second kappa shape index (κ2) is 11.6. The molecule has 0 aliphatic carbocycles. The van der Waals surface area contributed by atoms with Gasteiger partial charge in [-0.25, -0.2) is 0 Å². The van der Waals surface area contributed by atoms with Crippen LogP contribution in [-0.4, -0.2) is 11.7 Å². The van der Waals surface area contributed by atoms with E-state index >= 15 is 0 Å². The van der Waals surface area contributed by atoms with Crippen LogP contribution in [0.1, 0.15) is 31.7 Å². The number of benzene rings is 1. The third-order valence-electron chi connectivity index (χ3n) is 1.95. The number of rotatable bonds is 5. The molecule has 1 aromatic carbocycles. The Morgan fingerprint density at radius 2 is 1.94 bits per heavy atom. The molecule has 1 N–H and O–H groups in total. The molecule has 1 rings (SSSR count). The summed E-state index contributed by atoms with van der Waals surface area (Å²) in [6, 6.07) is 9.52. The van der Waals surface area contributed by atoms with Gasteiger partial charge < -0.3 is 5.11 Å². The molecule has 0 spiro atoms. The Hall–Kier alpha value is -1.51. The predicted molar refractivity (Wildman–Crippen MR) is 65.9 cm³/mol. The fourth-order valence-corrected chi connectivity index (χ4v) is 1.06. The number of aliphatic hydroxyl groups excluding tert-OH is 1. The minimum absolute atomic E-state index is 0.140. The lowest BCUT2D eigenvalue weighted by molar-refractivity contribution is 0.282. The van der Waals surface area contributed by atoms with Gasteiger partial charge in [0.15, 0.2) is 0 Å². The van der Waals surface area contributed by atoms with Gasteiger partial charge in [-0.2, -0.15) is 0 Å². The molecule has 0 fully saturated rings. The summed E-state index contributed by atoms with van der Waals surface area (Å²) >= 11 is 0. The van der Waals surface area contributed by atoms with Gasteiger partial charge in [-0.1, -0.05) is 55.2 Å². The van der Waals surface area contributed by atoms with E-state index in [0.717, 1.165) is 12.0 Å². The van der Waals surface area contributed by atoms with Gasteiger partial charge in [0.25, 0.3) is 0 Å². The second-order valence-corrected chi connectivity index (χ2v) is 3.31. The standard InChI is InChI=1S/C7H8O.C5H11N3/c8-6-7-4-2-1-3-5-7;1-2-3-4-5-7-8-6/h1-5,8H,6H2;2-5H2,1H3. The van der Waals surface area contributed by atoms with E-state index in [0.29, 0.717) is 6.54 Å². The fourth-order valence-electron chi connectivity index (χ4n) is 1.06. The first kappa shape index (κ1) is 14.5. The highest BCUT2D eigenvalue weighted by atomic mass is 16.3. The van der Waals surface area contributed by atoms with Crippen LogP contribution in [0.15, 0.2) is 35.4 Å². The Balaban J connectivity index is 0.000000281. The van der Waals surface area contributed by atoms with Crippen molar-refractivity contribution in [2.45, 2.75) is 32.8 Å². The molecule has 0 saturated heterocycles. The first-order chi connectivity index (χ1) is 7.85. The van der Waals surface area contributed by atoms with Crippen molar-refractivity contribution in [3.63, 3.8) is 0 Å². The van der Waals surface area contributed by atoms with E-state index in [1.165, 1.54) is 12.8 Å². The van der Waals surface area contributed by atoms with Crippen LogP contribution < -0.4 is 0 Å². The van der Waals surface area contributed by atoms with Crippen molar-refractivity contribution in [3.8, 4) is 0 Å². The average molecular weight is 221 g/mol. The van der Waals surface area contributed by atoms with Crippen molar-refractivity contribution in [1.29, 1.82) is 0 Å². The number of azide groups is 1. The summed E-state index contributed by atoms with van der Waals surface area (Å²) in [4.78, 5) is 2.63. The van der Waals surface area contributed by atoms with Gasteiger partial charge in [-0.15, -0.1) is 0 Å². The Labute approximate surface area is 96.6 Å². The van der Waals surface area contributed by atoms with Gasteiger partial charge >= 0.3 is 0 Å². The third kappa shape index (κ3) is 9.06. The summed E-state index contributed by atoms with van der Waals surface area (Å²) in [6.45, 7) is 2.92. The SMILES string of the molecule is CCCCCN=[N+]=[N-].OCc1ccccc1. The molecular weight excluding hydrogens is 202 g/mol. The lowest BCUT2D eigenvalue weighted by atomic mass is 10.2. The van der Waals surface area contributed by atoms with Crippen LogP contribution in [-0.2, 0) is 6.61 Å². The summed E-state index contributed by atoms with van der Waals surface area (Å²) < 4.78 is 0. The van der Waals surface area contributed by atoms with E-state index in [1.807, 2.05) is 30.3 Å². The van der Waals surface area contributed by atoms with Crippen molar-refractivity contribution >= 4 is 0 Å². The van der Waals surface area contributed by atoms with Crippen LogP contribution in [0.4, 0.5) is 0 Å². The van der Waals surface area contributed by atoms with Gasteiger partial charge in [0.05, 0.1) is 6.61 Å². The van der Waals surface area contributed by atoms with E-state index in [-0.39, 0.29) is 6.61 Å². The molecular formula is C12H19N3O. The monoisotopic (exact) mass is 221 g/mol. The molecule has 0 aliphatic heterocycles. The van der Waals surface area contributed by atoms with Crippen LogP contribution in [0.5, 0.6) is 0 Å². The van der Waals surface area contributed by atoms with Crippen LogP contribution >= 0.6 is 0 Å². The van der Waals surface area contributed by atoms with E-state index in [9.17, 15) is 0 Å². The molecule has 0 unspecified atom stereocenters. The molecule has 0 bridgehead atoms. The molecule has 4 nitrogen and oxygen atoms in total. The van der Waals surface area contributed by atoms with E-state index in [4.69, 9.17) is 10.6 Å². The molecule has 88 valence electrons. The molecule has 0 heterocycles. The van der Waals surface area contributed by atoms with E-state index in [2.05, 4.69) is 16.9 Å². The lowest BCUT2D eigenvalue weighted by Gasteiger charge is -1.89. The Morgan fingerprint density at radius 1 is 1.25 bits per heavy atom.